The highest BCUT2D eigenvalue weighted by Gasteiger charge is 2.18. The van der Waals surface area contributed by atoms with Crippen LogP contribution in [0.4, 0.5) is 11.5 Å². The molecule has 0 bridgehead atoms. The molecule has 2 aromatic heterocycles. The number of anilines is 2. The Hall–Kier alpha value is -3.46. The zero-order valence-electron chi connectivity index (χ0n) is 16.1. The van der Waals surface area contributed by atoms with Crippen LogP contribution in [0, 0.1) is 13.8 Å². The van der Waals surface area contributed by atoms with E-state index in [0.717, 1.165) is 11.1 Å². The van der Waals surface area contributed by atoms with Crippen LogP contribution in [0.1, 0.15) is 38.8 Å². The standard InChI is InChI=1S/C19H21N5O4/c1-5-20-18(25)14-9-24-16(12(14)3)17(21-10-22-24)23-15-8-13(7-6-11(15)2)19(26)28-27-4/h6-10H,5H2,1-4H3,(H,20,25)(H,21,22,23). The van der Waals surface area contributed by atoms with Crippen LogP contribution in [0.15, 0.2) is 30.7 Å². The number of carbonyl (C=O) groups excluding carboxylic acids is 2. The van der Waals surface area contributed by atoms with Gasteiger partial charge >= 0.3 is 5.97 Å². The zero-order valence-corrected chi connectivity index (χ0v) is 16.1. The summed E-state index contributed by atoms with van der Waals surface area (Å²) >= 11 is 0. The number of aromatic nitrogens is 3. The summed E-state index contributed by atoms with van der Waals surface area (Å²) in [5.74, 6) is -0.254. The highest BCUT2D eigenvalue weighted by atomic mass is 17.2. The lowest BCUT2D eigenvalue weighted by molar-refractivity contribution is -0.216. The van der Waals surface area contributed by atoms with Crippen molar-refractivity contribution in [2.45, 2.75) is 20.8 Å². The number of benzene rings is 1. The Morgan fingerprint density at radius 3 is 2.75 bits per heavy atom. The second kappa shape index (κ2) is 8.05. The Morgan fingerprint density at radius 2 is 2.04 bits per heavy atom. The van der Waals surface area contributed by atoms with Crippen molar-refractivity contribution in [2.75, 3.05) is 19.0 Å². The first kappa shape index (κ1) is 19.3. The minimum atomic E-state index is -0.601. The molecule has 1 aromatic carbocycles. The Morgan fingerprint density at radius 1 is 1.25 bits per heavy atom. The maximum absolute atomic E-state index is 12.3. The van der Waals surface area contributed by atoms with E-state index in [1.165, 1.54) is 13.4 Å². The molecule has 9 heteroatoms. The van der Waals surface area contributed by atoms with E-state index in [-0.39, 0.29) is 5.91 Å². The average molecular weight is 383 g/mol. The van der Waals surface area contributed by atoms with Crippen LogP contribution in [0.3, 0.4) is 0 Å². The van der Waals surface area contributed by atoms with Gasteiger partial charge in [-0.3, -0.25) is 9.68 Å². The van der Waals surface area contributed by atoms with Crippen molar-refractivity contribution < 1.29 is 19.4 Å². The molecule has 2 heterocycles. The van der Waals surface area contributed by atoms with Gasteiger partial charge in [0, 0.05) is 18.4 Å². The van der Waals surface area contributed by atoms with Gasteiger partial charge in [-0.25, -0.2) is 14.3 Å². The lowest BCUT2D eigenvalue weighted by atomic mass is 10.1. The summed E-state index contributed by atoms with van der Waals surface area (Å²) in [5.41, 5.74) is 3.86. The third kappa shape index (κ3) is 3.65. The monoisotopic (exact) mass is 383 g/mol. The number of aryl methyl sites for hydroxylation is 2. The summed E-state index contributed by atoms with van der Waals surface area (Å²) in [4.78, 5) is 37.5. The van der Waals surface area contributed by atoms with Gasteiger partial charge in [0.05, 0.1) is 18.2 Å². The first-order chi connectivity index (χ1) is 13.5. The molecular weight excluding hydrogens is 362 g/mol. The van der Waals surface area contributed by atoms with Crippen LogP contribution in [0.2, 0.25) is 0 Å². The van der Waals surface area contributed by atoms with Gasteiger partial charge in [-0.15, -0.1) is 0 Å². The summed E-state index contributed by atoms with van der Waals surface area (Å²) < 4.78 is 1.60. The van der Waals surface area contributed by atoms with E-state index in [1.807, 2.05) is 20.8 Å². The Bertz CT molecular complexity index is 1040. The van der Waals surface area contributed by atoms with Gasteiger partial charge in [-0.2, -0.15) is 9.99 Å². The van der Waals surface area contributed by atoms with E-state index >= 15 is 0 Å². The minimum Gasteiger partial charge on any atom is -0.352 e. The predicted molar refractivity (Wildman–Crippen MR) is 103 cm³/mol. The molecule has 0 aliphatic rings. The Balaban J connectivity index is 2.02. The average Bonchev–Trinajstić information content (AvgIpc) is 3.02. The van der Waals surface area contributed by atoms with E-state index in [4.69, 9.17) is 0 Å². The van der Waals surface area contributed by atoms with E-state index in [1.54, 1.807) is 28.9 Å². The van der Waals surface area contributed by atoms with Gasteiger partial charge in [-0.05, 0) is 44.0 Å². The second-order valence-corrected chi connectivity index (χ2v) is 6.12. The summed E-state index contributed by atoms with van der Waals surface area (Å²) in [6, 6.07) is 5.09. The number of carbonyl (C=O) groups is 2. The molecule has 0 unspecified atom stereocenters. The number of rotatable bonds is 6. The molecule has 0 spiro atoms. The first-order valence-corrected chi connectivity index (χ1v) is 8.70. The number of hydrogen-bond donors (Lipinski definition) is 2. The van der Waals surface area contributed by atoms with E-state index in [0.29, 0.717) is 34.7 Å². The zero-order chi connectivity index (χ0) is 20.3. The number of fused-ring (bicyclic) bond motifs is 1. The molecule has 0 saturated carbocycles. The van der Waals surface area contributed by atoms with Crippen LogP contribution >= 0.6 is 0 Å². The van der Waals surface area contributed by atoms with E-state index in [9.17, 15) is 9.59 Å². The fourth-order valence-electron chi connectivity index (χ4n) is 2.87. The number of nitrogens with zero attached hydrogens (tertiary/aromatic N) is 3. The molecule has 3 rings (SSSR count). The normalized spacial score (nSPS) is 10.7. The van der Waals surface area contributed by atoms with E-state index < -0.39 is 5.97 Å². The summed E-state index contributed by atoms with van der Waals surface area (Å²) in [6.45, 7) is 6.13. The lowest BCUT2D eigenvalue weighted by Crippen LogP contribution is -2.22. The fraction of sp³-hybridized carbons (Fsp3) is 0.263. The molecule has 3 aromatic rings. The molecule has 1 amide bonds. The molecule has 0 atom stereocenters. The van der Waals surface area contributed by atoms with Crippen molar-refractivity contribution in [1.29, 1.82) is 0 Å². The molecule has 2 N–H and O–H groups in total. The van der Waals surface area contributed by atoms with Crippen molar-refractivity contribution >= 4 is 28.9 Å². The Kier molecular flexibility index (Phi) is 5.55. The van der Waals surface area contributed by atoms with Crippen LogP contribution < -0.4 is 10.6 Å². The number of hydrogen-bond acceptors (Lipinski definition) is 7. The smallest absolute Gasteiger partial charge is 0.352 e. The summed E-state index contributed by atoms with van der Waals surface area (Å²) in [7, 11) is 1.27. The van der Waals surface area contributed by atoms with Gasteiger partial charge in [-0.1, -0.05) is 6.07 Å². The molecule has 28 heavy (non-hydrogen) atoms. The predicted octanol–water partition coefficient (Wildman–Crippen LogP) is 2.56. The van der Waals surface area contributed by atoms with Crippen molar-refractivity contribution in [2.24, 2.45) is 0 Å². The number of amides is 1. The van der Waals surface area contributed by atoms with Crippen LogP contribution in [0.5, 0.6) is 0 Å². The summed E-state index contributed by atoms with van der Waals surface area (Å²) in [5, 5.41) is 10.2. The van der Waals surface area contributed by atoms with Crippen LogP contribution in [0.25, 0.3) is 5.52 Å². The van der Waals surface area contributed by atoms with Gasteiger partial charge in [0.25, 0.3) is 5.91 Å². The van der Waals surface area contributed by atoms with Crippen molar-refractivity contribution in [3.8, 4) is 0 Å². The molecule has 0 aliphatic carbocycles. The first-order valence-electron chi connectivity index (χ1n) is 8.70. The number of nitrogens with one attached hydrogen (secondary N) is 2. The van der Waals surface area contributed by atoms with Crippen LogP contribution in [-0.2, 0) is 9.78 Å². The van der Waals surface area contributed by atoms with Crippen molar-refractivity contribution in [3.63, 3.8) is 0 Å². The topological polar surface area (TPSA) is 107 Å². The molecule has 146 valence electrons. The maximum Gasteiger partial charge on any atom is 0.373 e. The molecule has 9 nitrogen and oxygen atoms in total. The molecule has 0 aliphatic heterocycles. The fourth-order valence-corrected chi connectivity index (χ4v) is 2.87. The third-order valence-electron chi connectivity index (χ3n) is 4.29. The highest BCUT2D eigenvalue weighted by Crippen LogP contribution is 2.27. The second-order valence-electron chi connectivity index (χ2n) is 6.12. The van der Waals surface area contributed by atoms with Crippen molar-refractivity contribution in [3.05, 3.63) is 53.0 Å². The van der Waals surface area contributed by atoms with Crippen LogP contribution in [-0.4, -0.2) is 40.1 Å². The third-order valence-corrected chi connectivity index (χ3v) is 4.29. The molecular formula is C19H21N5O4. The summed E-state index contributed by atoms with van der Waals surface area (Å²) in [6.07, 6.45) is 3.07. The Labute approximate surface area is 161 Å². The SMILES string of the molecule is CCNC(=O)c1cn2ncnc(Nc3cc(C(=O)OOC)ccc3C)c2c1C. The maximum atomic E-state index is 12.3. The van der Waals surface area contributed by atoms with Gasteiger partial charge in [0.2, 0.25) is 0 Å². The van der Waals surface area contributed by atoms with E-state index in [2.05, 4.69) is 30.5 Å². The van der Waals surface area contributed by atoms with Gasteiger partial charge in [0.15, 0.2) is 5.82 Å². The lowest BCUT2D eigenvalue weighted by Gasteiger charge is -2.12. The van der Waals surface area contributed by atoms with Gasteiger partial charge in [0.1, 0.15) is 11.8 Å². The minimum absolute atomic E-state index is 0.170. The molecule has 0 fully saturated rings. The van der Waals surface area contributed by atoms with Gasteiger partial charge < -0.3 is 10.6 Å². The molecule has 0 saturated heterocycles. The largest absolute Gasteiger partial charge is 0.373 e. The molecule has 0 radical (unpaired) electrons. The van der Waals surface area contributed by atoms with Crippen molar-refractivity contribution in [1.82, 2.24) is 19.9 Å². The highest BCUT2D eigenvalue weighted by molar-refractivity contribution is 5.99. The quantitative estimate of drug-likeness (QED) is 0.498.